The highest BCUT2D eigenvalue weighted by atomic mass is 35.5. The third-order valence-electron chi connectivity index (χ3n) is 2.86. The van der Waals surface area contributed by atoms with E-state index in [9.17, 15) is 0 Å². The number of methoxy groups -OCH3 is 1. The quantitative estimate of drug-likeness (QED) is 0.850. The van der Waals surface area contributed by atoms with Crippen LogP contribution >= 0.6 is 11.6 Å². The van der Waals surface area contributed by atoms with Gasteiger partial charge in [0.2, 0.25) is 0 Å². The highest BCUT2D eigenvalue weighted by Crippen LogP contribution is 2.34. The molecule has 0 amide bonds. The number of nitrogens with zero attached hydrogens (tertiary/aromatic N) is 2. The minimum atomic E-state index is 0.497. The zero-order chi connectivity index (χ0) is 14.4. The molecule has 0 saturated carbocycles. The predicted octanol–water partition coefficient (Wildman–Crippen LogP) is 2.13. The predicted molar refractivity (Wildman–Crippen MR) is 78.5 cm³/mol. The lowest BCUT2D eigenvalue weighted by atomic mass is 10.1. The maximum absolute atomic E-state index is 6.06. The standard InChI is InChI=1S/C14H18ClN3O2/c1-19-13-10-12(15)9-11(3-4-16)14(13)20-8-7-18-6-2-5-17-18/h2,5-6,9-10H,3-4,7-8,16H2,1H3. The molecular formula is C14H18ClN3O2. The molecule has 2 aromatic rings. The summed E-state index contributed by atoms with van der Waals surface area (Å²) in [6.07, 6.45) is 4.32. The van der Waals surface area contributed by atoms with Crippen LogP contribution in [0.2, 0.25) is 5.02 Å². The highest BCUT2D eigenvalue weighted by Gasteiger charge is 2.12. The van der Waals surface area contributed by atoms with Crippen molar-refractivity contribution in [3.05, 3.63) is 41.2 Å². The molecule has 20 heavy (non-hydrogen) atoms. The van der Waals surface area contributed by atoms with Crippen LogP contribution in [0, 0.1) is 0 Å². The van der Waals surface area contributed by atoms with Crippen LogP contribution < -0.4 is 15.2 Å². The third-order valence-corrected chi connectivity index (χ3v) is 3.07. The monoisotopic (exact) mass is 295 g/mol. The number of benzene rings is 1. The number of nitrogens with two attached hydrogens (primary N) is 1. The largest absolute Gasteiger partial charge is 0.493 e. The van der Waals surface area contributed by atoms with Crippen LogP contribution in [0.5, 0.6) is 11.5 Å². The maximum atomic E-state index is 6.06. The van der Waals surface area contributed by atoms with E-state index >= 15 is 0 Å². The first-order valence-corrected chi connectivity index (χ1v) is 6.79. The van der Waals surface area contributed by atoms with E-state index in [4.69, 9.17) is 26.8 Å². The second-order valence-electron chi connectivity index (χ2n) is 4.25. The van der Waals surface area contributed by atoms with Crippen LogP contribution in [0.4, 0.5) is 0 Å². The molecule has 0 bridgehead atoms. The van der Waals surface area contributed by atoms with Crippen LogP contribution in [-0.2, 0) is 13.0 Å². The molecule has 0 atom stereocenters. The molecule has 0 aliphatic rings. The van der Waals surface area contributed by atoms with Gasteiger partial charge in [-0.1, -0.05) is 11.6 Å². The van der Waals surface area contributed by atoms with Crippen molar-refractivity contribution in [1.82, 2.24) is 9.78 Å². The van der Waals surface area contributed by atoms with Gasteiger partial charge in [-0.05, 0) is 25.1 Å². The van der Waals surface area contributed by atoms with Crippen molar-refractivity contribution in [3.63, 3.8) is 0 Å². The molecule has 6 heteroatoms. The van der Waals surface area contributed by atoms with Crippen molar-refractivity contribution in [3.8, 4) is 11.5 Å². The van der Waals surface area contributed by atoms with Crippen molar-refractivity contribution in [2.75, 3.05) is 20.3 Å². The molecule has 1 heterocycles. The first-order chi connectivity index (χ1) is 9.74. The van der Waals surface area contributed by atoms with Gasteiger partial charge >= 0.3 is 0 Å². The van der Waals surface area contributed by atoms with Crippen LogP contribution in [0.3, 0.4) is 0 Å². The molecule has 0 fully saturated rings. The molecule has 5 nitrogen and oxygen atoms in total. The molecule has 0 saturated heterocycles. The fourth-order valence-corrected chi connectivity index (χ4v) is 2.18. The summed E-state index contributed by atoms with van der Waals surface area (Å²) in [4.78, 5) is 0. The zero-order valence-corrected chi connectivity index (χ0v) is 12.1. The zero-order valence-electron chi connectivity index (χ0n) is 11.4. The van der Waals surface area contributed by atoms with Crippen LogP contribution in [-0.4, -0.2) is 30.0 Å². The normalized spacial score (nSPS) is 10.6. The van der Waals surface area contributed by atoms with Gasteiger partial charge in [-0.2, -0.15) is 5.10 Å². The molecule has 0 aliphatic heterocycles. The Kier molecular flexibility index (Phi) is 5.26. The average Bonchev–Trinajstić information content (AvgIpc) is 2.94. The summed E-state index contributed by atoms with van der Waals surface area (Å²) in [6.45, 7) is 1.69. The summed E-state index contributed by atoms with van der Waals surface area (Å²) in [5.74, 6) is 1.33. The minimum Gasteiger partial charge on any atom is -0.493 e. The Morgan fingerprint density at radius 2 is 2.25 bits per heavy atom. The maximum Gasteiger partial charge on any atom is 0.164 e. The molecule has 2 rings (SSSR count). The van der Waals surface area contributed by atoms with E-state index in [1.165, 1.54) is 0 Å². The van der Waals surface area contributed by atoms with Crippen molar-refractivity contribution >= 4 is 11.6 Å². The first-order valence-electron chi connectivity index (χ1n) is 6.41. The van der Waals surface area contributed by atoms with Gasteiger partial charge in [0.05, 0.1) is 13.7 Å². The van der Waals surface area contributed by atoms with E-state index in [0.29, 0.717) is 42.6 Å². The Morgan fingerprint density at radius 3 is 2.90 bits per heavy atom. The third kappa shape index (κ3) is 3.65. The SMILES string of the molecule is COc1cc(Cl)cc(CCN)c1OCCn1cccn1. The van der Waals surface area contributed by atoms with Crippen LogP contribution in [0.15, 0.2) is 30.6 Å². The lowest BCUT2D eigenvalue weighted by Crippen LogP contribution is -2.11. The van der Waals surface area contributed by atoms with Crippen LogP contribution in [0.25, 0.3) is 0 Å². The van der Waals surface area contributed by atoms with E-state index < -0.39 is 0 Å². The van der Waals surface area contributed by atoms with Crippen molar-refractivity contribution in [2.45, 2.75) is 13.0 Å². The van der Waals surface area contributed by atoms with Gasteiger partial charge in [0, 0.05) is 29.0 Å². The summed E-state index contributed by atoms with van der Waals surface area (Å²) in [5.41, 5.74) is 6.58. The minimum absolute atomic E-state index is 0.497. The summed E-state index contributed by atoms with van der Waals surface area (Å²) in [6, 6.07) is 5.48. The number of halogens is 1. The fourth-order valence-electron chi connectivity index (χ4n) is 1.95. The molecule has 2 N–H and O–H groups in total. The molecular weight excluding hydrogens is 278 g/mol. The second-order valence-corrected chi connectivity index (χ2v) is 4.69. The van der Waals surface area contributed by atoms with E-state index in [2.05, 4.69) is 5.10 Å². The molecule has 108 valence electrons. The highest BCUT2D eigenvalue weighted by molar-refractivity contribution is 6.30. The number of aromatic nitrogens is 2. The second kappa shape index (κ2) is 7.17. The molecule has 1 aromatic heterocycles. The molecule has 0 radical (unpaired) electrons. The molecule has 1 aromatic carbocycles. The van der Waals surface area contributed by atoms with E-state index in [1.54, 1.807) is 19.4 Å². The van der Waals surface area contributed by atoms with Gasteiger partial charge in [0.25, 0.3) is 0 Å². The van der Waals surface area contributed by atoms with E-state index in [0.717, 1.165) is 5.56 Å². The summed E-state index contributed by atoms with van der Waals surface area (Å²) in [5, 5.41) is 4.74. The van der Waals surface area contributed by atoms with Gasteiger partial charge in [0.1, 0.15) is 6.61 Å². The molecule has 0 aliphatic carbocycles. The Hall–Kier alpha value is -1.72. The lowest BCUT2D eigenvalue weighted by molar-refractivity contribution is 0.271. The number of hydrogen-bond acceptors (Lipinski definition) is 4. The first kappa shape index (κ1) is 14.7. The fraction of sp³-hybridized carbons (Fsp3) is 0.357. The molecule has 0 unspecified atom stereocenters. The van der Waals surface area contributed by atoms with E-state index in [1.807, 2.05) is 23.0 Å². The lowest BCUT2D eigenvalue weighted by Gasteiger charge is -2.15. The Morgan fingerprint density at radius 1 is 1.40 bits per heavy atom. The average molecular weight is 296 g/mol. The summed E-state index contributed by atoms with van der Waals surface area (Å²) < 4.78 is 13.0. The number of ether oxygens (including phenoxy) is 2. The molecule has 0 spiro atoms. The van der Waals surface area contributed by atoms with Crippen molar-refractivity contribution in [1.29, 1.82) is 0 Å². The smallest absolute Gasteiger partial charge is 0.164 e. The van der Waals surface area contributed by atoms with Gasteiger partial charge in [-0.15, -0.1) is 0 Å². The van der Waals surface area contributed by atoms with Gasteiger partial charge < -0.3 is 15.2 Å². The Labute approximate surface area is 123 Å². The van der Waals surface area contributed by atoms with Gasteiger partial charge in [0.15, 0.2) is 11.5 Å². The number of hydrogen-bond donors (Lipinski definition) is 1. The summed E-state index contributed by atoms with van der Waals surface area (Å²) in [7, 11) is 1.60. The van der Waals surface area contributed by atoms with Crippen molar-refractivity contribution < 1.29 is 9.47 Å². The van der Waals surface area contributed by atoms with Gasteiger partial charge in [-0.3, -0.25) is 4.68 Å². The Bertz CT molecular complexity index is 544. The van der Waals surface area contributed by atoms with Crippen molar-refractivity contribution in [2.24, 2.45) is 5.73 Å². The summed E-state index contributed by atoms with van der Waals surface area (Å²) >= 11 is 6.06. The van der Waals surface area contributed by atoms with Crippen LogP contribution in [0.1, 0.15) is 5.56 Å². The van der Waals surface area contributed by atoms with E-state index in [-0.39, 0.29) is 0 Å². The van der Waals surface area contributed by atoms with Gasteiger partial charge in [-0.25, -0.2) is 0 Å². The number of rotatable bonds is 7. The topological polar surface area (TPSA) is 62.3 Å². The Balaban J connectivity index is 2.11.